The van der Waals surface area contributed by atoms with E-state index in [1.165, 1.54) is 12.8 Å². The third-order valence-electron chi connectivity index (χ3n) is 5.12. The van der Waals surface area contributed by atoms with Gasteiger partial charge in [0, 0.05) is 11.6 Å². The minimum Gasteiger partial charge on any atom is -0.486 e. The predicted molar refractivity (Wildman–Crippen MR) is 99.7 cm³/mol. The molecule has 0 saturated heterocycles. The van der Waals surface area contributed by atoms with Gasteiger partial charge in [-0.2, -0.15) is 0 Å². The topological polar surface area (TPSA) is 71.6 Å². The molecule has 1 fully saturated rings. The molecule has 0 aromatic heterocycles. The molecule has 1 aromatic carbocycles. The maximum atomic E-state index is 12.3. The van der Waals surface area contributed by atoms with E-state index >= 15 is 0 Å². The van der Waals surface area contributed by atoms with Crippen LogP contribution >= 0.6 is 12.2 Å². The molecule has 2 aliphatic rings. The highest BCUT2D eigenvalue weighted by Gasteiger charge is 2.27. The molecule has 3 atom stereocenters. The largest absolute Gasteiger partial charge is 0.486 e. The second-order valence-corrected chi connectivity index (χ2v) is 7.19. The van der Waals surface area contributed by atoms with Crippen LogP contribution in [-0.2, 0) is 0 Å². The Hall–Kier alpha value is -2.02. The summed E-state index contributed by atoms with van der Waals surface area (Å²) in [5, 5.41) is 3.76. The number of hydrazine groups is 1. The summed E-state index contributed by atoms with van der Waals surface area (Å²) in [6.07, 6.45) is 3.57. The van der Waals surface area contributed by atoms with Crippen LogP contribution in [0, 0.1) is 11.8 Å². The lowest BCUT2D eigenvalue weighted by molar-refractivity contribution is 0.0942. The minimum absolute atomic E-state index is 0.272. The van der Waals surface area contributed by atoms with Gasteiger partial charge in [-0.1, -0.05) is 26.7 Å². The molecule has 6 nitrogen and oxygen atoms in total. The van der Waals surface area contributed by atoms with Gasteiger partial charge in [-0.25, -0.2) is 0 Å². The zero-order valence-electron chi connectivity index (χ0n) is 14.6. The molecule has 1 saturated carbocycles. The van der Waals surface area contributed by atoms with Gasteiger partial charge in [-0.15, -0.1) is 0 Å². The maximum absolute atomic E-state index is 12.3. The van der Waals surface area contributed by atoms with Crippen LogP contribution in [0.25, 0.3) is 0 Å². The van der Waals surface area contributed by atoms with E-state index in [9.17, 15) is 4.79 Å². The molecule has 25 heavy (non-hydrogen) atoms. The Morgan fingerprint density at radius 2 is 1.88 bits per heavy atom. The number of carbonyl (C=O) groups excluding carboxylic acids is 1. The van der Waals surface area contributed by atoms with Crippen molar-refractivity contribution in [1.82, 2.24) is 16.2 Å². The minimum atomic E-state index is -0.272. The summed E-state index contributed by atoms with van der Waals surface area (Å²) in [7, 11) is 0. The van der Waals surface area contributed by atoms with Crippen LogP contribution in [0.2, 0.25) is 0 Å². The van der Waals surface area contributed by atoms with Gasteiger partial charge < -0.3 is 14.8 Å². The van der Waals surface area contributed by atoms with Gasteiger partial charge >= 0.3 is 0 Å². The van der Waals surface area contributed by atoms with E-state index in [0.717, 1.165) is 6.42 Å². The average Bonchev–Trinajstić information content (AvgIpc) is 2.63. The molecule has 1 aromatic rings. The third kappa shape index (κ3) is 4.34. The van der Waals surface area contributed by atoms with Crippen molar-refractivity contribution in [2.24, 2.45) is 11.8 Å². The van der Waals surface area contributed by atoms with Crippen molar-refractivity contribution in [3.8, 4) is 11.5 Å². The van der Waals surface area contributed by atoms with Gasteiger partial charge in [-0.3, -0.25) is 15.6 Å². The van der Waals surface area contributed by atoms with Gasteiger partial charge in [-0.05, 0) is 48.7 Å². The second-order valence-electron chi connectivity index (χ2n) is 6.78. The van der Waals surface area contributed by atoms with E-state index in [2.05, 4.69) is 30.0 Å². The van der Waals surface area contributed by atoms with E-state index in [4.69, 9.17) is 21.7 Å². The van der Waals surface area contributed by atoms with Crippen molar-refractivity contribution in [1.29, 1.82) is 0 Å². The first kappa shape index (κ1) is 17.8. The number of rotatable bonds is 2. The fraction of sp³-hybridized carbons (Fsp3) is 0.556. The molecule has 1 amide bonds. The molecule has 0 bridgehead atoms. The summed E-state index contributed by atoms with van der Waals surface area (Å²) in [6.45, 7) is 5.54. The van der Waals surface area contributed by atoms with E-state index in [1.807, 2.05) is 0 Å². The SMILES string of the molecule is C[C@@H]1[C@H](C)CCC[C@H]1NC(=S)NNC(=O)c1ccc2c(c1)OCCO2. The fourth-order valence-electron chi connectivity index (χ4n) is 3.36. The number of benzene rings is 1. The van der Waals surface area contributed by atoms with E-state index < -0.39 is 0 Å². The number of carbonyl (C=O) groups is 1. The first-order valence-electron chi connectivity index (χ1n) is 8.81. The van der Waals surface area contributed by atoms with Crippen LogP contribution in [0.4, 0.5) is 0 Å². The Morgan fingerprint density at radius 3 is 2.68 bits per heavy atom. The van der Waals surface area contributed by atoms with Crippen molar-refractivity contribution in [2.75, 3.05) is 13.2 Å². The van der Waals surface area contributed by atoms with Gasteiger partial charge in [0.1, 0.15) is 13.2 Å². The van der Waals surface area contributed by atoms with E-state index in [1.54, 1.807) is 18.2 Å². The van der Waals surface area contributed by atoms with E-state index in [-0.39, 0.29) is 5.91 Å². The summed E-state index contributed by atoms with van der Waals surface area (Å²) in [5.74, 6) is 2.22. The van der Waals surface area contributed by atoms with Crippen molar-refractivity contribution in [2.45, 2.75) is 39.2 Å². The summed E-state index contributed by atoms with van der Waals surface area (Å²) in [4.78, 5) is 12.3. The molecule has 0 unspecified atom stereocenters. The monoisotopic (exact) mass is 363 g/mol. The number of fused-ring (bicyclic) bond motifs is 1. The smallest absolute Gasteiger partial charge is 0.269 e. The molecule has 0 radical (unpaired) electrons. The first-order chi connectivity index (χ1) is 12.0. The molecule has 7 heteroatoms. The highest BCUT2D eigenvalue weighted by atomic mass is 32.1. The molecular weight excluding hydrogens is 338 g/mol. The molecule has 3 N–H and O–H groups in total. The Bertz CT molecular complexity index is 652. The van der Waals surface area contributed by atoms with E-state index in [0.29, 0.717) is 53.3 Å². The number of nitrogens with one attached hydrogen (secondary N) is 3. The first-order valence-corrected chi connectivity index (χ1v) is 9.22. The lowest BCUT2D eigenvalue weighted by Gasteiger charge is -2.35. The predicted octanol–water partition coefficient (Wildman–Crippen LogP) is 2.39. The zero-order chi connectivity index (χ0) is 17.8. The number of amides is 1. The van der Waals surface area contributed by atoms with Gasteiger partial charge in [0.15, 0.2) is 16.6 Å². The summed E-state index contributed by atoms with van der Waals surface area (Å²) in [6, 6.07) is 5.46. The highest BCUT2D eigenvalue weighted by molar-refractivity contribution is 7.80. The van der Waals surface area contributed by atoms with Crippen molar-refractivity contribution in [3.05, 3.63) is 23.8 Å². The summed E-state index contributed by atoms with van der Waals surface area (Å²) < 4.78 is 11.0. The zero-order valence-corrected chi connectivity index (χ0v) is 15.4. The molecule has 1 heterocycles. The maximum Gasteiger partial charge on any atom is 0.269 e. The third-order valence-corrected chi connectivity index (χ3v) is 5.34. The second kappa shape index (κ2) is 7.91. The summed E-state index contributed by atoms with van der Waals surface area (Å²) in [5.41, 5.74) is 5.91. The van der Waals surface area contributed by atoms with Crippen LogP contribution < -0.4 is 25.6 Å². The fourth-order valence-corrected chi connectivity index (χ4v) is 3.56. The van der Waals surface area contributed by atoms with Gasteiger partial charge in [0.05, 0.1) is 0 Å². The number of hydrogen-bond acceptors (Lipinski definition) is 4. The average molecular weight is 363 g/mol. The van der Waals surface area contributed by atoms with Crippen molar-refractivity contribution >= 4 is 23.2 Å². The van der Waals surface area contributed by atoms with Crippen LogP contribution in [0.5, 0.6) is 11.5 Å². The number of thiocarbonyl (C=S) groups is 1. The number of hydrogen-bond donors (Lipinski definition) is 3. The lowest BCUT2D eigenvalue weighted by Crippen LogP contribution is -2.52. The molecule has 1 aliphatic heterocycles. The Morgan fingerprint density at radius 1 is 1.12 bits per heavy atom. The lowest BCUT2D eigenvalue weighted by atomic mass is 9.78. The quantitative estimate of drug-likeness (QED) is 0.554. The van der Waals surface area contributed by atoms with Crippen LogP contribution in [-0.4, -0.2) is 30.3 Å². The molecular formula is C18H25N3O3S. The molecule has 136 valence electrons. The molecule has 1 aliphatic carbocycles. The Balaban J connectivity index is 1.51. The van der Waals surface area contributed by atoms with Gasteiger partial charge in [0.2, 0.25) is 0 Å². The highest BCUT2D eigenvalue weighted by Crippen LogP contribution is 2.31. The van der Waals surface area contributed by atoms with Gasteiger partial charge in [0.25, 0.3) is 5.91 Å². The normalized spacial score (nSPS) is 25.0. The van der Waals surface area contributed by atoms with Crippen molar-refractivity contribution in [3.63, 3.8) is 0 Å². The van der Waals surface area contributed by atoms with Crippen LogP contribution in [0.3, 0.4) is 0 Å². The summed E-state index contributed by atoms with van der Waals surface area (Å²) >= 11 is 5.31. The standard InChI is InChI=1S/C18H25N3O3S/c1-11-4-3-5-14(12(11)2)19-18(25)21-20-17(22)13-6-7-15-16(10-13)24-9-8-23-15/h6-7,10-12,14H,3-5,8-9H2,1-2H3,(H,20,22)(H2,19,21,25)/t11-,12-,14-/m1/s1. The molecule has 3 rings (SSSR count). The Kier molecular flexibility index (Phi) is 5.63. The van der Waals surface area contributed by atoms with Crippen LogP contribution in [0.1, 0.15) is 43.5 Å². The van der Waals surface area contributed by atoms with Crippen LogP contribution in [0.15, 0.2) is 18.2 Å². The van der Waals surface area contributed by atoms with Crippen molar-refractivity contribution < 1.29 is 14.3 Å². The molecule has 0 spiro atoms. The Labute approximate surface area is 153 Å². The number of ether oxygens (including phenoxy) is 2.